The monoisotopic (exact) mass is 213 g/mol. The normalized spacial score (nSPS) is 19.6. The molecule has 1 heterocycles. The summed E-state index contributed by atoms with van der Waals surface area (Å²) in [5.41, 5.74) is 6.27. The van der Waals surface area contributed by atoms with Crippen molar-refractivity contribution in [2.45, 2.75) is 19.8 Å². The van der Waals surface area contributed by atoms with E-state index < -0.39 is 0 Å². The van der Waals surface area contributed by atoms with E-state index in [9.17, 15) is 0 Å². The molecule has 0 atom stereocenters. The van der Waals surface area contributed by atoms with Crippen molar-refractivity contribution in [1.82, 2.24) is 4.90 Å². The largest absolute Gasteiger partial charge is 0.398 e. The summed E-state index contributed by atoms with van der Waals surface area (Å²) < 4.78 is 0. The third-order valence-corrected chi connectivity index (χ3v) is 2.49. The molecule has 0 aromatic heterocycles. The van der Waals surface area contributed by atoms with Crippen LogP contribution in [-0.4, -0.2) is 24.7 Å². The Kier molecular flexibility index (Phi) is 4.01. The minimum absolute atomic E-state index is 0.556. The van der Waals surface area contributed by atoms with Crippen LogP contribution in [0.2, 0.25) is 0 Å². The first-order valence-corrected chi connectivity index (χ1v) is 5.08. The second kappa shape index (κ2) is 5.05. The predicted molar refractivity (Wildman–Crippen MR) is 61.2 cm³/mol. The highest BCUT2D eigenvalue weighted by Crippen LogP contribution is 2.17. The van der Waals surface area contributed by atoms with E-state index in [4.69, 9.17) is 17.3 Å². The minimum atomic E-state index is 0.556. The highest BCUT2D eigenvalue weighted by molar-refractivity contribution is 6.29. The molecule has 1 aliphatic rings. The van der Waals surface area contributed by atoms with Crippen molar-refractivity contribution >= 4 is 18.3 Å². The Balaban J connectivity index is 2.79. The molecule has 4 heteroatoms. The van der Waals surface area contributed by atoms with Crippen LogP contribution in [0.15, 0.2) is 27.6 Å². The van der Waals surface area contributed by atoms with Crippen LogP contribution < -0.4 is 5.73 Å². The van der Waals surface area contributed by atoms with Crippen LogP contribution in [0.25, 0.3) is 0 Å². The molecule has 0 saturated carbocycles. The summed E-state index contributed by atoms with van der Waals surface area (Å²) in [6.07, 6.45) is 4.19. The van der Waals surface area contributed by atoms with Gasteiger partial charge in [-0.15, -0.1) is 0 Å². The molecule has 78 valence electrons. The maximum Gasteiger partial charge on any atom is 0.129 e. The van der Waals surface area contributed by atoms with E-state index in [2.05, 4.69) is 16.6 Å². The van der Waals surface area contributed by atoms with Gasteiger partial charge in [0.05, 0.1) is 0 Å². The van der Waals surface area contributed by atoms with Gasteiger partial charge in [-0.2, -0.15) is 0 Å². The average molecular weight is 214 g/mol. The number of nitrogens with zero attached hydrogens (tertiary/aromatic N) is 2. The van der Waals surface area contributed by atoms with Crippen LogP contribution in [0.4, 0.5) is 0 Å². The summed E-state index contributed by atoms with van der Waals surface area (Å²) in [5, 5.41) is 0.588. The van der Waals surface area contributed by atoms with E-state index in [0.29, 0.717) is 10.7 Å². The molecule has 0 amide bonds. The third-order valence-electron chi connectivity index (χ3n) is 2.27. The van der Waals surface area contributed by atoms with Crippen molar-refractivity contribution in [2.24, 2.45) is 10.7 Å². The second-order valence-electron chi connectivity index (χ2n) is 3.34. The molecular weight excluding hydrogens is 198 g/mol. The number of allylic oxidation sites excluding steroid dienone is 2. The molecular formula is C10H16ClN3. The summed E-state index contributed by atoms with van der Waals surface area (Å²) in [7, 11) is 0. The summed E-state index contributed by atoms with van der Waals surface area (Å²) >= 11 is 5.77. The first kappa shape index (κ1) is 11.1. The molecule has 0 unspecified atom stereocenters. The Morgan fingerprint density at radius 3 is 2.50 bits per heavy atom. The number of hydrogen-bond acceptors (Lipinski definition) is 3. The van der Waals surface area contributed by atoms with Gasteiger partial charge in [0.1, 0.15) is 5.82 Å². The molecule has 1 saturated heterocycles. The van der Waals surface area contributed by atoms with Crippen molar-refractivity contribution in [3.63, 3.8) is 0 Å². The summed E-state index contributed by atoms with van der Waals surface area (Å²) in [6, 6.07) is 0. The van der Waals surface area contributed by atoms with Crippen LogP contribution in [0.1, 0.15) is 19.8 Å². The summed E-state index contributed by atoms with van der Waals surface area (Å²) in [6.45, 7) is 7.35. The molecule has 1 aliphatic heterocycles. The van der Waals surface area contributed by atoms with Crippen LogP contribution in [-0.2, 0) is 0 Å². The molecule has 0 aromatic carbocycles. The Bertz CT molecular complexity index is 271. The van der Waals surface area contributed by atoms with Crippen molar-refractivity contribution < 1.29 is 0 Å². The molecule has 0 spiro atoms. The second-order valence-corrected chi connectivity index (χ2v) is 3.91. The molecule has 0 aliphatic carbocycles. The van der Waals surface area contributed by atoms with Gasteiger partial charge in [-0.1, -0.05) is 11.6 Å². The van der Waals surface area contributed by atoms with Crippen molar-refractivity contribution in [3.05, 3.63) is 22.6 Å². The molecule has 2 N–H and O–H groups in total. The number of rotatable bonds is 3. The van der Waals surface area contributed by atoms with Crippen molar-refractivity contribution in [3.8, 4) is 0 Å². The number of hydrogen-bond donors (Lipinski definition) is 1. The highest BCUT2D eigenvalue weighted by Gasteiger charge is 2.13. The van der Waals surface area contributed by atoms with Crippen molar-refractivity contribution in [2.75, 3.05) is 13.1 Å². The van der Waals surface area contributed by atoms with Gasteiger partial charge in [0.15, 0.2) is 0 Å². The predicted octanol–water partition coefficient (Wildman–Crippen LogP) is 2.05. The van der Waals surface area contributed by atoms with Gasteiger partial charge in [0.2, 0.25) is 0 Å². The fourth-order valence-corrected chi connectivity index (χ4v) is 1.48. The third kappa shape index (κ3) is 2.77. The first-order valence-electron chi connectivity index (χ1n) is 4.70. The summed E-state index contributed by atoms with van der Waals surface area (Å²) in [5.74, 6) is 0.819. The maximum atomic E-state index is 5.77. The number of likely N-dealkylation sites (tertiary alicyclic amines) is 1. The quantitative estimate of drug-likeness (QED) is 0.576. The Morgan fingerprint density at radius 2 is 2.07 bits per heavy atom. The van der Waals surface area contributed by atoms with Crippen LogP contribution >= 0.6 is 11.6 Å². The number of aliphatic imine (C=N–C) groups is 1. The average Bonchev–Trinajstić information content (AvgIpc) is 2.66. The van der Waals surface area contributed by atoms with E-state index in [0.717, 1.165) is 18.9 Å². The van der Waals surface area contributed by atoms with Gasteiger partial charge in [0.25, 0.3) is 0 Å². The molecule has 0 bridgehead atoms. The summed E-state index contributed by atoms with van der Waals surface area (Å²) in [4.78, 5) is 6.12. The fraction of sp³-hybridized carbons (Fsp3) is 0.500. The van der Waals surface area contributed by atoms with Crippen LogP contribution in [0.5, 0.6) is 0 Å². The molecule has 3 nitrogen and oxygen atoms in total. The number of nitrogens with two attached hydrogens (primary N) is 1. The minimum Gasteiger partial charge on any atom is -0.398 e. The van der Waals surface area contributed by atoms with Gasteiger partial charge in [0, 0.05) is 29.9 Å². The highest BCUT2D eigenvalue weighted by atomic mass is 35.5. The lowest BCUT2D eigenvalue weighted by molar-refractivity contribution is 0.423. The Morgan fingerprint density at radius 1 is 1.50 bits per heavy atom. The van der Waals surface area contributed by atoms with E-state index in [1.807, 2.05) is 0 Å². The van der Waals surface area contributed by atoms with Crippen LogP contribution in [0.3, 0.4) is 0 Å². The fourth-order valence-electron chi connectivity index (χ4n) is 1.42. The van der Waals surface area contributed by atoms with E-state index in [1.165, 1.54) is 12.8 Å². The van der Waals surface area contributed by atoms with Gasteiger partial charge >= 0.3 is 0 Å². The van der Waals surface area contributed by atoms with Crippen molar-refractivity contribution in [1.29, 1.82) is 0 Å². The van der Waals surface area contributed by atoms with Gasteiger partial charge < -0.3 is 10.6 Å². The zero-order valence-corrected chi connectivity index (χ0v) is 9.22. The van der Waals surface area contributed by atoms with Gasteiger partial charge in [-0.25, -0.2) is 4.99 Å². The SMILES string of the molecule is C=N/C(=C\C(N)=C(/C)Cl)N1CCCC1. The molecule has 1 rings (SSSR count). The van der Waals surface area contributed by atoms with E-state index in [1.54, 1.807) is 13.0 Å². The van der Waals surface area contributed by atoms with Crippen LogP contribution in [0, 0.1) is 0 Å². The first-order chi connectivity index (χ1) is 6.65. The lowest BCUT2D eigenvalue weighted by Gasteiger charge is -2.17. The standard InChI is InChI=1S/C10H16ClN3/c1-8(11)9(12)7-10(13-2)14-5-3-4-6-14/h7H,2-6,12H2,1H3/b9-8-,10-7+. The zero-order chi connectivity index (χ0) is 10.6. The molecule has 0 radical (unpaired) electrons. The Hall–Kier alpha value is -0.960. The molecule has 0 aromatic rings. The van der Waals surface area contributed by atoms with E-state index in [-0.39, 0.29) is 0 Å². The maximum absolute atomic E-state index is 5.77. The van der Waals surface area contributed by atoms with E-state index >= 15 is 0 Å². The number of halogens is 1. The Labute approximate surface area is 89.9 Å². The van der Waals surface area contributed by atoms with Gasteiger partial charge in [-0.05, 0) is 26.5 Å². The zero-order valence-electron chi connectivity index (χ0n) is 8.46. The molecule has 1 fully saturated rings. The smallest absolute Gasteiger partial charge is 0.129 e. The lowest BCUT2D eigenvalue weighted by atomic mass is 10.3. The van der Waals surface area contributed by atoms with Gasteiger partial charge in [-0.3, -0.25) is 0 Å². The topological polar surface area (TPSA) is 41.6 Å². The molecule has 14 heavy (non-hydrogen) atoms. The lowest BCUT2D eigenvalue weighted by Crippen LogP contribution is -2.18.